The van der Waals surface area contributed by atoms with Crippen LogP contribution in [0.25, 0.3) is 0 Å². The van der Waals surface area contributed by atoms with E-state index in [4.69, 9.17) is 14.2 Å². The predicted octanol–water partition coefficient (Wildman–Crippen LogP) is 9.85. The fourth-order valence-electron chi connectivity index (χ4n) is 5.57. The summed E-state index contributed by atoms with van der Waals surface area (Å²) in [6.45, 7) is 4.42. The molecule has 0 aliphatic heterocycles. The Kier molecular flexibility index (Phi) is 34.5. The zero-order valence-electron chi connectivity index (χ0n) is 34.9. The molecule has 0 amide bonds. The first-order chi connectivity index (χ1) is 26.1. The molecule has 2 unspecified atom stereocenters. The third-order valence-electron chi connectivity index (χ3n) is 8.81. The van der Waals surface area contributed by atoms with Crippen LogP contribution < -0.4 is 5.11 Å². The molecule has 0 spiro atoms. The smallest absolute Gasteiger partial charge is 0.306 e. The summed E-state index contributed by atoms with van der Waals surface area (Å²) in [7, 11) is 5.38. The van der Waals surface area contributed by atoms with Gasteiger partial charge in [-0.1, -0.05) is 125 Å². The molecule has 0 heterocycles. The molecule has 0 rings (SSSR count). The molecule has 308 valence electrons. The van der Waals surface area contributed by atoms with Gasteiger partial charge in [-0.3, -0.25) is 9.59 Å². The molecule has 0 aliphatic rings. The van der Waals surface area contributed by atoms with Crippen molar-refractivity contribution in [2.24, 2.45) is 0 Å². The Labute approximate surface area is 330 Å². The summed E-state index contributed by atoms with van der Waals surface area (Å²) in [5.74, 6) is -1.80. The van der Waals surface area contributed by atoms with Crippen LogP contribution >= 0.6 is 0 Å². The lowest BCUT2D eigenvalue weighted by Crippen LogP contribution is -2.55. The van der Waals surface area contributed by atoms with Gasteiger partial charge in [0.05, 0.1) is 40.3 Å². The minimum atomic E-state index is -1.14. The molecule has 0 saturated heterocycles. The number of rotatable bonds is 36. The topological polar surface area (TPSA) is 102 Å². The number of nitrogens with zero attached hydrogens (tertiary/aromatic N) is 1. The zero-order valence-corrected chi connectivity index (χ0v) is 34.9. The molecule has 2 atom stereocenters. The molecule has 0 fully saturated rings. The van der Waals surface area contributed by atoms with Crippen LogP contribution in [0, 0.1) is 0 Å². The molecule has 0 N–H and O–H groups in total. The van der Waals surface area contributed by atoms with Crippen molar-refractivity contribution in [1.82, 2.24) is 0 Å². The Hall–Kier alpha value is -3.23. The van der Waals surface area contributed by atoms with Gasteiger partial charge < -0.3 is 28.6 Å². The van der Waals surface area contributed by atoms with Crippen molar-refractivity contribution in [1.29, 1.82) is 0 Å². The predicted molar refractivity (Wildman–Crippen MR) is 222 cm³/mol. The number of carboxylic acids is 1. The lowest BCUT2D eigenvalue weighted by atomic mass is 10.1. The van der Waals surface area contributed by atoms with Crippen LogP contribution in [0.15, 0.2) is 72.9 Å². The van der Waals surface area contributed by atoms with Gasteiger partial charge >= 0.3 is 11.9 Å². The largest absolute Gasteiger partial charge is 0.544 e. The van der Waals surface area contributed by atoms with Crippen molar-refractivity contribution < 1.29 is 38.2 Å². The minimum Gasteiger partial charge on any atom is -0.544 e. The van der Waals surface area contributed by atoms with Gasteiger partial charge in [0.15, 0.2) is 6.10 Å². The summed E-state index contributed by atoms with van der Waals surface area (Å²) in [6, 6.07) is -0.735. The van der Waals surface area contributed by atoms with Gasteiger partial charge in [0.1, 0.15) is 12.6 Å². The molecular weight excluding hydrogens is 679 g/mol. The molecule has 0 saturated carbocycles. The number of likely N-dealkylation sites (N-methyl/N-ethyl adjacent to an activating group) is 1. The van der Waals surface area contributed by atoms with E-state index in [1.54, 1.807) is 21.1 Å². The summed E-state index contributed by atoms with van der Waals surface area (Å²) >= 11 is 0. The second kappa shape index (κ2) is 36.7. The van der Waals surface area contributed by atoms with E-state index < -0.39 is 18.1 Å². The number of carboxylic acid groups (broad SMARTS) is 1. The number of quaternary nitrogens is 1. The summed E-state index contributed by atoms with van der Waals surface area (Å²) < 4.78 is 17.1. The molecule has 0 aromatic rings. The number of ether oxygens (including phenoxy) is 3. The van der Waals surface area contributed by atoms with E-state index >= 15 is 0 Å². The van der Waals surface area contributed by atoms with E-state index in [0.29, 0.717) is 6.42 Å². The number of carbonyl (C=O) groups is 3. The Morgan fingerprint density at radius 2 is 1.04 bits per heavy atom. The van der Waals surface area contributed by atoms with Crippen LogP contribution in [0.3, 0.4) is 0 Å². The first kappa shape index (κ1) is 50.8. The van der Waals surface area contributed by atoms with Crippen molar-refractivity contribution in [3.05, 3.63) is 72.9 Å². The van der Waals surface area contributed by atoms with Crippen LogP contribution in [0.4, 0.5) is 0 Å². The number of hydrogen-bond acceptors (Lipinski definition) is 7. The Morgan fingerprint density at radius 3 is 1.54 bits per heavy atom. The fourth-order valence-corrected chi connectivity index (χ4v) is 5.57. The van der Waals surface area contributed by atoms with Crippen LogP contribution in [-0.4, -0.2) is 75.5 Å². The van der Waals surface area contributed by atoms with E-state index in [0.717, 1.165) is 109 Å². The maximum absolute atomic E-state index is 12.7. The monoisotopic (exact) mass is 756 g/mol. The third kappa shape index (κ3) is 34.5. The van der Waals surface area contributed by atoms with E-state index in [2.05, 4.69) is 86.8 Å². The first-order valence-corrected chi connectivity index (χ1v) is 21.0. The number of unbranched alkanes of at least 4 members (excludes halogenated alkanes) is 10. The van der Waals surface area contributed by atoms with E-state index in [1.165, 1.54) is 6.42 Å². The van der Waals surface area contributed by atoms with Crippen molar-refractivity contribution in [2.75, 3.05) is 41.0 Å². The first-order valence-electron chi connectivity index (χ1n) is 21.0. The summed E-state index contributed by atoms with van der Waals surface area (Å²) in [5.41, 5.74) is 0. The maximum Gasteiger partial charge on any atom is 0.306 e. The molecular formula is C46H77NO7. The van der Waals surface area contributed by atoms with Gasteiger partial charge in [-0.25, -0.2) is 0 Å². The quantitative estimate of drug-likeness (QED) is 0.0272. The number of esters is 2. The highest BCUT2D eigenvalue weighted by atomic mass is 16.6. The molecule has 8 heteroatoms. The zero-order chi connectivity index (χ0) is 40.0. The van der Waals surface area contributed by atoms with Crippen LogP contribution in [0.2, 0.25) is 0 Å². The van der Waals surface area contributed by atoms with E-state index in [-0.39, 0.29) is 49.1 Å². The van der Waals surface area contributed by atoms with Crippen LogP contribution in [0.5, 0.6) is 0 Å². The lowest BCUT2D eigenvalue weighted by molar-refractivity contribution is -0.889. The molecule has 0 aromatic carbocycles. The second-order valence-corrected chi connectivity index (χ2v) is 14.8. The van der Waals surface area contributed by atoms with E-state index in [1.807, 2.05) is 0 Å². The van der Waals surface area contributed by atoms with Gasteiger partial charge in [-0.05, 0) is 77.0 Å². The van der Waals surface area contributed by atoms with Crippen molar-refractivity contribution >= 4 is 17.9 Å². The Balaban J connectivity index is 4.46. The van der Waals surface area contributed by atoms with Gasteiger partial charge in [0, 0.05) is 19.3 Å². The molecule has 8 nitrogen and oxygen atoms in total. The maximum atomic E-state index is 12.7. The average Bonchev–Trinajstić information content (AvgIpc) is 3.12. The van der Waals surface area contributed by atoms with Crippen LogP contribution in [0.1, 0.15) is 149 Å². The Morgan fingerprint density at radius 1 is 0.574 bits per heavy atom. The molecule has 0 radical (unpaired) electrons. The highest BCUT2D eigenvalue weighted by Gasteiger charge is 2.25. The average molecular weight is 756 g/mol. The van der Waals surface area contributed by atoms with Crippen molar-refractivity contribution in [2.45, 2.75) is 161 Å². The second-order valence-electron chi connectivity index (χ2n) is 14.8. The normalized spacial score (nSPS) is 13.7. The van der Waals surface area contributed by atoms with Crippen molar-refractivity contribution in [3.63, 3.8) is 0 Å². The summed E-state index contributed by atoms with van der Waals surface area (Å²) in [5, 5.41) is 11.6. The number of hydrogen-bond donors (Lipinski definition) is 0. The third-order valence-corrected chi connectivity index (χ3v) is 8.81. The summed E-state index contributed by atoms with van der Waals surface area (Å²) in [4.78, 5) is 36.8. The van der Waals surface area contributed by atoms with Gasteiger partial charge in [0.25, 0.3) is 0 Å². The van der Waals surface area contributed by atoms with Crippen molar-refractivity contribution in [3.8, 4) is 0 Å². The minimum absolute atomic E-state index is 0.0221. The highest BCUT2D eigenvalue weighted by Crippen LogP contribution is 2.12. The lowest BCUT2D eigenvalue weighted by Gasteiger charge is -2.34. The van der Waals surface area contributed by atoms with Gasteiger partial charge in [-0.2, -0.15) is 0 Å². The Bertz CT molecular complexity index is 1110. The van der Waals surface area contributed by atoms with Gasteiger partial charge in [-0.15, -0.1) is 0 Å². The van der Waals surface area contributed by atoms with Gasteiger partial charge in [0.2, 0.25) is 0 Å². The molecule has 0 bridgehead atoms. The highest BCUT2D eigenvalue weighted by molar-refractivity contribution is 5.70. The van der Waals surface area contributed by atoms with Crippen LogP contribution in [-0.2, 0) is 28.6 Å². The number of allylic oxidation sites excluding steroid dienone is 12. The summed E-state index contributed by atoms with van der Waals surface area (Å²) in [6.07, 6.45) is 44.9. The van der Waals surface area contributed by atoms with E-state index in [9.17, 15) is 19.5 Å². The molecule has 0 aliphatic carbocycles. The number of carbonyl (C=O) groups excluding carboxylic acids is 3. The molecule has 54 heavy (non-hydrogen) atoms. The fraction of sp³-hybridized carbons (Fsp3) is 0.674. The standard InChI is InChI=1S/C46H77NO7/c1-6-8-10-12-14-16-18-20-21-22-23-25-27-29-31-33-35-37-45(49)54-42(40-52-39-38-43(46(50)51)47(3,4)5)41-53-44(48)36-34-32-30-28-26-24-19-17-15-13-11-9-7-2/h8,10-11,13-14,16-17,19-21,23,25,42-43H,6-7,9,12,15,18,22,24,26-41H2,1-5H3/b10-8-,13-11-,16-14-,19-17-,21-20-,25-23-. The number of aliphatic carboxylic acids is 1. The SMILES string of the molecule is CC/C=C\C/C=C\C/C=C\C/C=C\CCCCCCC(=O)OC(COCCC(C(=O)[O-])[N+](C)(C)C)COC(=O)CCCCCCC/C=C\C/C=C\CCC. The molecule has 0 aromatic heterocycles.